The van der Waals surface area contributed by atoms with Gasteiger partial charge in [-0.2, -0.15) is 0 Å². The number of aliphatic hydroxyl groups is 1. The van der Waals surface area contributed by atoms with Crippen LogP contribution in [0.2, 0.25) is 5.02 Å². The van der Waals surface area contributed by atoms with Crippen LogP contribution in [0.1, 0.15) is 31.9 Å². The molecule has 0 aromatic heterocycles. The predicted octanol–water partition coefficient (Wildman–Crippen LogP) is 2.80. The van der Waals surface area contributed by atoms with Crippen LogP contribution in [0, 0.1) is 0 Å². The summed E-state index contributed by atoms with van der Waals surface area (Å²) in [5, 5.41) is 10.4. The van der Waals surface area contributed by atoms with Gasteiger partial charge in [0.05, 0.1) is 24.3 Å². The molecule has 0 aliphatic carbocycles. The molecule has 124 valence electrons. The van der Waals surface area contributed by atoms with Crippen molar-refractivity contribution < 1.29 is 9.84 Å². The number of benzene rings is 1. The molecule has 1 heterocycles. The zero-order valence-electron chi connectivity index (χ0n) is 13.6. The fourth-order valence-electron chi connectivity index (χ4n) is 2.88. The Kier molecular flexibility index (Phi) is 6.96. The molecule has 0 amide bonds. The second-order valence-corrected chi connectivity index (χ2v) is 6.11. The molecule has 22 heavy (non-hydrogen) atoms. The molecule has 5 heteroatoms. The normalized spacial score (nSPS) is 18.4. The summed E-state index contributed by atoms with van der Waals surface area (Å²) >= 11 is 6.32. The topological polar surface area (TPSA) is 35.9 Å². The maximum atomic E-state index is 9.83. The highest BCUT2D eigenvalue weighted by Crippen LogP contribution is 2.30. The van der Waals surface area contributed by atoms with Crippen molar-refractivity contribution in [2.24, 2.45) is 0 Å². The van der Waals surface area contributed by atoms with Crippen LogP contribution in [0.3, 0.4) is 0 Å². The van der Waals surface area contributed by atoms with E-state index in [1.165, 1.54) is 0 Å². The number of hydrogen-bond donors (Lipinski definition) is 1. The van der Waals surface area contributed by atoms with Crippen molar-refractivity contribution >= 4 is 11.6 Å². The SMILES string of the molecule is CCCOc1ccc(C(CO)N2CCN(CC)CC2)cc1Cl. The molecule has 1 N–H and O–H groups in total. The van der Waals surface area contributed by atoms with Crippen LogP contribution >= 0.6 is 11.6 Å². The number of rotatable bonds is 7. The quantitative estimate of drug-likeness (QED) is 0.836. The summed E-state index contributed by atoms with van der Waals surface area (Å²) < 4.78 is 5.61. The fourth-order valence-corrected chi connectivity index (χ4v) is 3.12. The number of piperazine rings is 1. The second kappa shape index (κ2) is 8.73. The minimum atomic E-state index is 0.0109. The van der Waals surface area contributed by atoms with Crippen molar-refractivity contribution in [3.63, 3.8) is 0 Å². The van der Waals surface area contributed by atoms with Crippen molar-refractivity contribution in [3.8, 4) is 5.75 Å². The highest BCUT2D eigenvalue weighted by molar-refractivity contribution is 6.32. The lowest BCUT2D eigenvalue weighted by Crippen LogP contribution is -2.48. The van der Waals surface area contributed by atoms with Crippen molar-refractivity contribution in [1.82, 2.24) is 9.80 Å². The lowest BCUT2D eigenvalue weighted by Gasteiger charge is -2.38. The second-order valence-electron chi connectivity index (χ2n) is 5.71. The first-order chi connectivity index (χ1) is 10.7. The van der Waals surface area contributed by atoms with Crippen molar-refractivity contribution in [2.45, 2.75) is 26.3 Å². The lowest BCUT2D eigenvalue weighted by molar-refractivity contribution is 0.0672. The van der Waals surface area contributed by atoms with E-state index in [0.717, 1.165) is 50.5 Å². The van der Waals surface area contributed by atoms with Gasteiger partial charge in [0.1, 0.15) is 5.75 Å². The third kappa shape index (κ3) is 4.35. The first kappa shape index (κ1) is 17.5. The van der Waals surface area contributed by atoms with Gasteiger partial charge in [-0.15, -0.1) is 0 Å². The Labute approximate surface area is 138 Å². The lowest BCUT2D eigenvalue weighted by atomic mass is 10.0. The third-order valence-corrected chi connectivity index (χ3v) is 4.57. The van der Waals surface area contributed by atoms with E-state index in [9.17, 15) is 5.11 Å². The van der Waals surface area contributed by atoms with E-state index < -0.39 is 0 Å². The summed E-state index contributed by atoms with van der Waals surface area (Å²) in [6, 6.07) is 5.87. The van der Waals surface area contributed by atoms with Gasteiger partial charge in [0.25, 0.3) is 0 Å². The molecule has 1 aliphatic rings. The highest BCUT2D eigenvalue weighted by Gasteiger charge is 2.24. The molecule has 4 nitrogen and oxygen atoms in total. The van der Waals surface area contributed by atoms with Crippen LogP contribution in [0.25, 0.3) is 0 Å². The molecule has 1 unspecified atom stereocenters. The number of hydrogen-bond acceptors (Lipinski definition) is 4. The Morgan fingerprint density at radius 2 is 1.95 bits per heavy atom. The van der Waals surface area contributed by atoms with Crippen molar-refractivity contribution in [1.29, 1.82) is 0 Å². The van der Waals surface area contributed by atoms with Crippen molar-refractivity contribution in [3.05, 3.63) is 28.8 Å². The van der Waals surface area contributed by atoms with Gasteiger partial charge >= 0.3 is 0 Å². The van der Waals surface area contributed by atoms with Gasteiger partial charge in [-0.25, -0.2) is 0 Å². The molecule has 0 bridgehead atoms. The van der Waals surface area contributed by atoms with Crippen LogP contribution in [0.5, 0.6) is 5.75 Å². The minimum Gasteiger partial charge on any atom is -0.492 e. The van der Waals surface area contributed by atoms with Gasteiger partial charge in [-0.1, -0.05) is 31.5 Å². The molecule has 1 aromatic rings. The summed E-state index contributed by atoms with van der Waals surface area (Å²) in [6.45, 7) is 10.2. The van der Waals surface area contributed by atoms with Crippen LogP contribution in [-0.4, -0.2) is 60.8 Å². The van der Waals surface area contributed by atoms with Gasteiger partial charge in [0.2, 0.25) is 0 Å². The zero-order valence-corrected chi connectivity index (χ0v) is 14.4. The first-order valence-electron chi connectivity index (χ1n) is 8.19. The monoisotopic (exact) mass is 326 g/mol. The molecule has 0 saturated carbocycles. The van der Waals surface area contributed by atoms with E-state index >= 15 is 0 Å². The van der Waals surface area contributed by atoms with Gasteiger partial charge < -0.3 is 14.7 Å². The van der Waals surface area contributed by atoms with Gasteiger partial charge in [-0.05, 0) is 30.7 Å². The molecular weight excluding hydrogens is 300 g/mol. The Morgan fingerprint density at radius 1 is 1.23 bits per heavy atom. The van der Waals surface area contributed by atoms with Gasteiger partial charge in [-0.3, -0.25) is 4.90 Å². The first-order valence-corrected chi connectivity index (χ1v) is 8.56. The smallest absolute Gasteiger partial charge is 0.137 e. The molecule has 0 spiro atoms. The largest absolute Gasteiger partial charge is 0.492 e. The van der Waals surface area contributed by atoms with E-state index in [1.54, 1.807) is 0 Å². The molecule has 1 saturated heterocycles. The number of aliphatic hydroxyl groups excluding tert-OH is 1. The van der Waals surface area contributed by atoms with E-state index in [4.69, 9.17) is 16.3 Å². The van der Waals surface area contributed by atoms with Crippen molar-refractivity contribution in [2.75, 3.05) is 45.9 Å². The summed E-state index contributed by atoms with van der Waals surface area (Å²) in [7, 11) is 0. The maximum Gasteiger partial charge on any atom is 0.137 e. The zero-order chi connectivity index (χ0) is 15.9. The summed E-state index contributed by atoms with van der Waals surface area (Å²) in [5.74, 6) is 0.722. The number of likely N-dealkylation sites (N-methyl/N-ethyl adjacent to an activating group) is 1. The predicted molar refractivity (Wildman–Crippen MR) is 90.8 cm³/mol. The third-order valence-electron chi connectivity index (χ3n) is 4.27. The minimum absolute atomic E-state index is 0.0109. The summed E-state index contributed by atoms with van der Waals surface area (Å²) in [5.41, 5.74) is 1.06. The Balaban J connectivity index is 2.06. The Morgan fingerprint density at radius 3 is 2.50 bits per heavy atom. The molecule has 1 aromatic carbocycles. The average molecular weight is 327 g/mol. The molecule has 1 aliphatic heterocycles. The van der Waals surface area contributed by atoms with Gasteiger partial charge in [0, 0.05) is 26.2 Å². The maximum absolute atomic E-state index is 9.83. The van der Waals surface area contributed by atoms with Crippen LogP contribution < -0.4 is 4.74 Å². The highest BCUT2D eigenvalue weighted by atomic mass is 35.5. The Bertz CT molecular complexity index is 462. The number of nitrogens with zero attached hydrogens (tertiary/aromatic N) is 2. The molecule has 0 radical (unpaired) electrons. The van der Waals surface area contributed by atoms with Crippen LogP contribution in [0.4, 0.5) is 0 Å². The van der Waals surface area contributed by atoms with E-state index in [0.29, 0.717) is 11.6 Å². The molecule has 1 fully saturated rings. The number of halogens is 1. The van der Waals surface area contributed by atoms with Crippen LogP contribution in [-0.2, 0) is 0 Å². The molecular formula is C17H27ClN2O2. The molecule has 1 atom stereocenters. The van der Waals surface area contributed by atoms with E-state index in [-0.39, 0.29) is 12.6 Å². The standard InChI is InChI=1S/C17H27ClN2O2/c1-3-11-22-17-6-5-14(12-15(17)18)16(13-21)20-9-7-19(4-2)8-10-20/h5-6,12,16,21H,3-4,7-11,13H2,1-2H3. The average Bonchev–Trinajstić information content (AvgIpc) is 2.55. The van der Waals surface area contributed by atoms with Gasteiger partial charge in [0.15, 0.2) is 0 Å². The van der Waals surface area contributed by atoms with Crippen LogP contribution in [0.15, 0.2) is 18.2 Å². The number of ether oxygens (including phenoxy) is 1. The summed E-state index contributed by atoms with van der Waals surface area (Å²) in [6.07, 6.45) is 0.957. The summed E-state index contributed by atoms with van der Waals surface area (Å²) in [4.78, 5) is 4.77. The van der Waals surface area contributed by atoms with E-state index in [2.05, 4.69) is 23.6 Å². The Hall–Kier alpha value is -0.810. The molecule has 2 rings (SSSR count). The fraction of sp³-hybridized carbons (Fsp3) is 0.647. The van der Waals surface area contributed by atoms with E-state index in [1.807, 2.05) is 18.2 Å².